The van der Waals surface area contributed by atoms with E-state index in [1.807, 2.05) is 26.3 Å². The van der Waals surface area contributed by atoms with E-state index in [-0.39, 0.29) is 29.0 Å². The second kappa shape index (κ2) is 13.4. The Kier molecular flexibility index (Phi) is 10.7. The van der Waals surface area contributed by atoms with Crippen LogP contribution in [0.2, 0.25) is 5.02 Å². The average molecular weight is 649 g/mol. The molecule has 5 atom stereocenters. The van der Waals surface area contributed by atoms with Gasteiger partial charge >= 0.3 is 250 Å². The predicted molar refractivity (Wildman–Crippen MR) is 156 cm³/mol. The Labute approximate surface area is 249 Å². The van der Waals surface area contributed by atoms with Crippen LogP contribution in [-0.4, -0.2) is 47.7 Å². The van der Waals surface area contributed by atoms with Gasteiger partial charge in [-0.2, -0.15) is 0 Å². The predicted octanol–water partition coefficient (Wildman–Crippen LogP) is 3.63. The van der Waals surface area contributed by atoms with Crippen LogP contribution >= 0.6 is 11.6 Å². The molecule has 0 heterocycles. The number of halogens is 1. The molecule has 0 bridgehead atoms. The minimum absolute atomic E-state index is 0.0278. The Morgan fingerprint density at radius 1 is 1.17 bits per heavy atom. The topological polar surface area (TPSA) is 131 Å². The summed E-state index contributed by atoms with van der Waals surface area (Å²) >= 11 is 0.715. The van der Waals surface area contributed by atoms with Crippen molar-refractivity contribution in [2.24, 2.45) is 17.3 Å². The summed E-state index contributed by atoms with van der Waals surface area (Å²) in [6.45, 7) is 10.6. The molecule has 1 saturated carbocycles. The summed E-state index contributed by atoms with van der Waals surface area (Å²) < 4.78 is 30.9. The molecule has 1 aliphatic rings. The number of benzene rings is 2. The number of rotatable bonds is 9. The van der Waals surface area contributed by atoms with Gasteiger partial charge in [-0.15, -0.1) is 0 Å². The fourth-order valence-electron chi connectivity index (χ4n) is 5.30. The third kappa shape index (κ3) is 8.58. The van der Waals surface area contributed by atoms with Crippen molar-refractivity contribution in [1.29, 1.82) is 0 Å². The Morgan fingerprint density at radius 2 is 1.80 bits per heavy atom. The maximum absolute atomic E-state index is 14.0. The summed E-state index contributed by atoms with van der Waals surface area (Å²) in [5, 5.41) is 3.53. The van der Waals surface area contributed by atoms with Gasteiger partial charge in [-0.05, 0) is 0 Å². The zero-order chi connectivity index (χ0) is 30.4. The summed E-state index contributed by atoms with van der Waals surface area (Å²) in [4.78, 5) is 44.5. The molecule has 9 nitrogen and oxygen atoms in total. The van der Waals surface area contributed by atoms with Crippen molar-refractivity contribution in [3.05, 3.63) is 77.8 Å². The number of allylic oxidation sites excluding steroid dienone is 1. The van der Waals surface area contributed by atoms with Crippen molar-refractivity contribution in [2.75, 3.05) is 0 Å². The van der Waals surface area contributed by atoms with Crippen LogP contribution in [0.3, 0.4) is 0 Å². The van der Waals surface area contributed by atoms with Crippen molar-refractivity contribution in [2.45, 2.75) is 65.0 Å². The zero-order valence-corrected chi connectivity index (χ0v) is 26.4. The molecule has 3 rings (SSSR count). The van der Waals surface area contributed by atoms with Crippen LogP contribution < -0.4 is 15.1 Å². The van der Waals surface area contributed by atoms with Crippen molar-refractivity contribution in [3.63, 3.8) is 0 Å². The molecule has 1 fully saturated rings. The number of hydrogen-bond donors (Lipinski definition) is 3. The summed E-state index contributed by atoms with van der Waals surface area (Å²) in [5.41, 5.74) is 0.810. The first-order valence-corrected chi connectivity index (χ1v) is 17.1. The molecule has 2 amide bonds. The molecular formula is C30H38AsClN2O7. The van der Waals surface area contributed by atoms with E-state index in [4.69, 9.17) is 20.2 Å². The average Bonchev–Trinajstić information content (AvgIpc) is 2.91. The van der Waals surface area contributed by atoms with Gasteiger partial charge in [-0.25, -0.2) is 0 Å². The van der Waals surface area contributed by atoms with Gasteiger partial charge in [-0.3, -0.25) is 0 Å². The number of hydroxylamine groups is 1. The number of hydrogen-bond acceptors (Lipinski definition) is 6. The summed E-state index contributed by atoms with van der Waals surface area (Å²) in [5.74, 6) is -2.96. The van der Waals surface area contributed by atoms with Gasteiger partial charge in [0.25, 0.3) is 0 Å². The molecule has 222 valence electrons. The first kappa shape index (κ1) is 32.7. The fourth-order valence-corrected chi connectivity index (χ4v) is 8.06. The van der Waals surface area contributed by atoms with Crippen LogP contribution in [0, 0.1) is 17.3 Å². The number of amides is 2. The van der Waals surface area contributed by atoms with E-state index >= 15 is 0 Å². The van der Waals surface area contributed by atoms with Crippen molar-refractivity contribution in [1.82, 2.24) is 10.8 Å². The van der Waals surface area contributed by atoms with E-state index in [0.29, 0.717) is 17.9 Å². The van der Waals surface area contributed by atoms with Gasteiger partial charge in [0.05, 0.1) is 0 Å². The van der Waals surface area contributed by atoms with Crippen LogP contribution in [0.5, 0.6) is 0 Å². The fraction of sp³-hybridized carbons (Fsp3) is 0.433. The van der Waals surface area contributed by atoms with Crippen molar-refractivity contribution in [3.8, 4) is 0 Å². The monoisotopic (exact) mass is 648 g/mol. The van der Waals surface area contributed by atoms with Gasteiger partial charge in [-0.1, -0.05) is 0 Å². The third-order valence-corrected chi connectivity index (χ3v) is 10.5. The second-order valence-corrected chi connectivity index (χ2v) is 15.7. The van der Waals surface area contributed by atoms with Gasteiger partial charge in [0.15, 0.2) is 0 Å². The van der Waals surface area contributed by atoms with Gasteiger partial charge < -0.3 is 0 Å². The van der Waals surface area contributed by atoms with Gasteiger partial charge in [0.1, 0.15) is 0 Å². The first-order chi connectivity index (χ1) is 19.2. The van der Waals surface area contributed by atoms with Crippen LogP contribution in [0.25, 0.3) is 0 Å². The van der Waals surface area contributed by atoms with Crippen LogP contribution in [0.4, 0.5) is 0 Å². The zero-order valence-electron chi connectivity index (χ0n) is 23.8. The van der Waals surface area contributed by atoms with Gasteiger partial charge in [0.2, 0.25) is 0 Å². The van der Waals surface area contributed by atoms with E-state index in [1.54, 1.807) is 48.5 Å². The summed E-state index contributed by atoms with van der Waals surface area (Å²) in [7, 11) is 0. The van der Waals surface area contributed by atoms with Crippen molar-refractivity contribution < 1.29 is 30.8 Å². The van der Waals surface area contributed by atoms with Crippen LogP contribution in [0.15, 0.2) is 67.3 Å². The standard InChI is InChI=1S/C30H38AsClN2O7/c1-6-21-16-17-30(19-22-12-14-24(32)15-13-22,25(18-21)27(36)33-29(3,4)5)26(28(37)41-34-20(2)35)40-31(38,39)23-10-8-7-9-11-23/h6-15,21,25-26H,1,16-19H2,2-5H3,(H,33,36)(H,34,35)(H,38,39). The summed E-state index contributed by atoms with van der Waals surface area (Å²) in [6, 6.07) is 14.7. The number of carbonyl (C=O) groups excluding carboxylic acids is 3. The molecule has 0 spiro atoms. The van der Waals surface area contributed by atoms with Crippen LogP contribution in [0.1, 0.15) is 52.5 Å². The molecule has 1 aliphatic carbocycles. The molecule has 0 radical (unpaired) electrons. The Morgan fingerprint density at radius 3 is 2.37 bits per heavy atom. The maximum atomic E-state index is 14.0. The van der Waals surface area contributed by atoms with E-state index in [1.165, 1.54) is 12.1 Å². The van der Waals surface area contributed by atoms with E-state index < -0.39 is 49.0 Å². The Balaban J connectivity index is 2.23. The van der Waals surface area contributed by atoms with Crippen molar-refractivity contribution >= 4 is 47.9 Å². The van der Waals surface area contributed by atoms with Gasteiger partial charge in [0, 0.05) is 0 Å². The number of nitrogens with one attached hydrogen (secondary N) is 2. The third-order valence-electron chi connectivity index (χ3n) is 7.17. The normalized spacial score (nSPS) is 23.0. The number of carbonyl (C=O) groups is 3. The molecule has 0 saturated heterocycles. The van der Waals surface area contributed by atoms with Crippen LogP contribution in [-0.2, 0) is 33.1 Å². The molecule has 0 aliphatic heterocycles. The Bertz CT molecular complexity index is 1300. The molecule has 2 aromatic carbocycles. The van der Waals surface area contributed by atoms with E-state index in [0.717, 1.165) is 12.5 Å². The molecule has 0 aromatic heterocycles. The summed E-state index contributed by atoms with van der Waals surface area (Å²) in [6.07, 6.45) is 1.33. The quantitative estimate of drug-likeness (QED) is 0.215. The molecule has 11 heteroatoms. The molecule has 41 heavy (non-hydrogen) atoms. The second-order valence-electron chi connectivity index (χ2n) is 11.5. The molecular weight excluding hydrogens is 611 g/mol. The Hall–Kier alpha value is -2.84. The SMILES string of the molecule is C=CC1CCC(Cc2ccc(Cl)cc2)(C(O[As](=O)(O)c2ccccc2)C(=O)ONC(C)=O)C(C(=O)NC(C)(C)C)C1. The molecule has 5 unspecified atom stereocenters. The molecule has 2 aromatic rings. The minimum atomic E-state index is -5.42. The molecule has 3 N–H and O–H groups in total. The van der Waals surface area contributed by atoms with E-state index in [9.17, 15) is 22.2 Å². The van der Waals surface area contributed by atoms with E-state index in [2.05, 4.69) is 11.9 Å². The first-order valence-electron chi connectivity index (χ1n) is 13.4.